The van der Waals surface area contributed by atoms with Crippen LogP contribution < -0.4 is 0 Å². The van der Waals surface area contributed by atoms with Gasteiger partial charge in [0.25, 0.3) is 5.91 Å². The number of esters is 1. The number of nitrogens with zero attached hydrogens (tertiary/aromatic N) is 1. The molecule has 0 N–H and O–H groups in total. The normalized spacial score (nSPS) is 18.8. The van der Waals surface area contributed by atoms with Crippen LogP contribution in [0.3, 0.4) is 0 Å². The largest absolute Gasteiger partial charge is 0.467 e. The summed E-state index contributed by atoms with van der Waals surface area (Å²) in [4.78, 5) is 25.5. The van der Waals surface area contributed by atoms with E-state index < -0.39 is 12.1 Å². The lowest BCUT2D eigenvalue weighted by molar-refractivity contribution is -0.158. The average Bonchev–Trinajstić information content (AvgIpc) is 2.46. The van der Waals surface area contributed by atoms with Crippen molar-refractivity contribution in [2.75, 3.05) is 26.8 Å². The first kappa shape index (κ1) is 14.8. The maximum Gasteiger partial charge on any atom is 0.336 e. The first-order valence-corrected chi connectivity index (χ1v) is 6.65. The first-order valence-electron chi connectivity index (χ1n) is 6.27. The number of aryl methyl sites for hydroxylation is 1. The van der Waals surface area contributed by atoms with Gasteiger partial charge >= 0.3 is 5.97 Å². The summed E-state index contributed by atoms with van der Waals surface area (Å²) < 4.78 is 9.93. The molecule has 0 radical (unpaired) electrons. The topological polar surface area (TPSA) is 55.8 Å². The van der Waals surface area contributed by atoms with Crippen molar-refractivity contribution in [1.29, 1.82) is 0 Å². The molecule has 1 saturated heterocycles. The van der Waals surface area contributed by atoms with E-state index >= 15 is 0 Å². The van der Waals surface area contributed by atoms with Crippen LogP contribution in [-0.4, -0.2) is 49.7 Å². The summed E-state index contributed by atoms with van der Waals surface area (Å²) in [5.41, 5.74) is 1.42. The highest BCUT2D eigenvalue weighted by atomic mass is 35.5. The van der Waals surface area contributed by atoms with Crippen LogP contribution in [0.15, 0.2) is 18.2 Å². The number of amides is 1. The molecule has 20 heavy (non-hydrogen) atoms. The van der Waals surface area contributed by atoms with Crippen molar-refractivity contribution in [3.05, 3.63) is 34.3 Å². The molecule has 108 valence electrons. The smallest absolute Gasteiger partial charge is 0.336 e. The second-order valence-electron chi connectivity index (χ2n) is 4.62. The molecule has 6 heteroatoms. The van der Waals surface area contributed by atoms with Crippen molar-refractivity contribution in [1.82, 2.24) is 4.90 Å². The summed E-state index contributed by atoms with van der Waals surface area (Å²) in [5.74, 6) is -0.676. The lowest BCUT2D eigenvalue weighted by Gasteiger charge is -2.31. The fraction of sp³-hybridized carbons (Fsp3) is 0.429. The molecule has 1 atom stereocenters. The third kappa shape index (κ3) is 3.11. The summed E-state index contributed by atoms with van der Waals surface area (Å²) in [6.07, 6.45) is -0.734. The summed E-state index contributed by atoms with van der Waals surface area (Å²) in [5, 5.41) is 0.413. The Balaban J connectivity index is 2.14. The molecule has 0 bridgehead atoms. The van der Waals surface area contributed by atoms with E-state index in [1.54, 1.807) is 17.0 Å². The van der Waals surface area contributed by atoms with Gasteiger partial charge in [0.2, 0.25) is 0 Å². The SMILES string of the molecule is COC(=O)C1CN(C(=O)c2ccc(C)cc2Cl)CCO1. The van der Waals surface area contributed by atoms with Crippen molar-refractivity contribution in [2.24, 2.45) is 0 Å². The van der Waals surface area contributed by atoms with Crippen LogP contribution in [0.2, 0.25) is 5.02 Å². The highest BCUT2D eigenvalue weighted by Gasteiger charge is 2.30. The molecular formula is C14H16ClNO4. The van der Waals surface area contributed by atoms with Crippen molar-refractivity contribution in [3.63, 3.8) is 0 Å². The van der Waals surface area contributed by atoms with Crippen LogP contribution in [-0.2, 0) is 14.3 Å². The Labute approximate surface area is 122 Å². The highest BCUT2D eigenvalue weighted by molar-refractivity contribution is 6.33. The molecule has 5 nitrogen and oxygen atoms in total. The Morgan fingerprint density at radius 3 is 2.85 bits per heavy atom. The lowest BCUT2D eigenvalue weighted by atomic mass is 10.1. The number of ether oxygens (including phenoxy) is 2. The predicted octanol–water partition coefficient (Wildman–Crippen LogP) is 1.66. The fourth-order valence-corrected chi connectivity index (χ4v) is 2.39. The number of benzene rings is 1. The van der Waals surface area contributed by atoms with Crippen LogP contribution in [0, 0.1) is 6.92 Å². The third-order valence-electron chi connectivity index (χ3n) is 3.17. The van der Waals surface area contributed by atoms with E-state index in [0.717, 1.165) is 5.56 Å². The van der Waals surface area contributed by atoms with Gasteiger partial charge in [0, 0.05) is 6.54 Å². The van der Waals surface area contributed by atoms with Crippen LogP contribution in [0.5, 0.6) is 0 Å². The number of methoxy groups -OCH3 is 1. The van der Waals surface area contributed by atoms with Crippen LogP contribution in [0.1, 0.15) is 15.9 Å². The number of rotatable bonds is 2. The van der Waals surface area contributed by atoms with Gasteiger partial charge in [0.05, 0.1) is 30.8 Å². The Morgan fingerprint density at radius 1 is 1.45 bits per heavy atom. The minimum atomic E-state index is -0.734. The average molecular weight is 298 g/mol. The number of carbonyl (C=O) groups is 2. The molecule has 1 unspecified atom stereocenters. The maximum absolute atomic E-state index is 12.4. The van der Waals surface area contributed by atoms with E-state index in [2.05, 4.69) is 4.74 Å². The standard InChI is InChI=1S/C14H16ClNO4/c1-9-3-4-10(11(15)7-9)13(17)16-5-6-20-12(8-16)14(18)19-2/h3-4,7,12H,5-6,8H2,1-2H3. The Kier molecular flexibility index (Phi) is 4.62. The molecule has 0 aromatic heterocycles. The molecule has 1 fully saturated rings. The van der Waals surface area contributed by atoms with Gasteiger partial charge in [0.1, 0.15) is 0 Å². The zero-order valence-electron chi connectivity index (χ0n) is 11.4. The molecule has 0 aliphatic carbocycles. The second kappa shape index (κ2) is 6.24. The number of hydrogen-bond acceptors (Lipinski definition) is 4. The fourth-order valence-electron chi connectivity index (χ4n) is 2.07. The van der Waals surface area contributed by atoms with Crippen molar-refractivity contribution >= 4 is 23.5 Å². The summed E-state index contributed by atoms with van der Waals surface area (Å²) in [7, 11) is 1.29. The molecule has 1 aliphatic rings. The van der Waals surface area contributed by atoms with Crippen LogP contribution in [0.4, 0.5) is 0 Å². The van der Waals surface area contributed by atoms with Gasteiger partial charge < -0.3 is 14.4 Å². The van der Waals surface area contributed by atoms with Gasteiger partial charge in [-0.25, -0.2) is 4.79 Å². The molecule has 0 spiro atoms. The molecule has 1 aromatic rings. The van der Waals surface area contributed by atoms with Gasteiger partial charge in [-0.15, -0.1) is 0 Å². The summed E-state index contributed by atoms with van der Waals surface area (Å²) in [6.45, 7) is 2.81. The third-order valence-corrected chi connectivity index (χ3v) is 3.49. The Hall–Kier alpha value is -1.59. The van der Waals surface area contributed by atoms with Gasteiger partial charge in [-0.1, -0.05) is 17.7 Å². The molecule has 1 aromatic carbocycles. The van der Waals surface area contributed by atoms with E-state index in [9.17, 15) is 9.59 Å². The Bertz CT molecular complexity index is 532. The van der Waals surface area contributed by atoms with Gasteiger partial charge in [-0.05, 0) is 24.6 Å². The van der Waals surface area contributed by atoms with Gasteiger partial charge in [-0.2, -0.15) is 0 Å². The highest BCUT2D eigenvalue weighted by Crippen LogP contribution is 2.20. The van der Waals surface area contributed by atoms with E-state index in [1.165, 1.54) is 7.11 Å². The second-order valence-corrected chi connectivity index (χ2v) is 5.02. The van der Waals surface area contributed by atoms with E-state index in [1.807, 2.05) is 13.0 Å². The quantitative estimate of drug-likeness (QED) is 0.779. The van der Waals surface area contributed by atoms with Crippen LogP contribution in [0.25, 0.3) is 0 Å². The minimum Gasteiger partial charge on any atom is -0.467 e. The maximum atomic E-state index is 12.4. The van der Waals surface area contributed by atoms with Crippen molar-refractivity contribution in [2.45, 2.75) is 13.0 Å². The monoisotopic (exact) mass is 297 g/mol. The molecular weight excluding hydrogens is 282 g/mol. The zero-order valence-corrected chi connectivity index (χ0v) is 12.1. The van der Waals surface area contributed by atoms with Gasteiger partial charge in [-0.3, -0.25) is 4.79 Å². The van der Waals surface area contributed by atoms with E-state index in [4.69, 9.17) is 16.3 Å². The van der Waals surface area contributed by atoms with Crippen LogP contribution >= 0.6 is 11.6 Å². The van der Waals surface area contributed by atoms with E-state index in [0.29, 0.717) is 23.7 Å². The Morgan fingerprint density at radius 2 is 2.20 bits per heavy atom. The van der Waals surface area contributed by atoms with Crippen molar-refractivity contribution in [3.8, 4) is 0 Å². The number of halogens is 1. The van der Waals surface area contributed by atoms with Gasteiger partial charge in [0.15, 0.2) is 6.10 Å². The number of carbonyl (C=O) groups excluding carboxylic acids is 2. The van der Waals surface area contributed by atoms with Crippen molar-refractivity contribution < 1.29 is 19.1 Å². The lowest BCUT2D eigenvalue weighted by Crippen LogP contribution is -2.49. The zero-order chi connectivity index (χ0) is 14.7. The first-order chi connectivity index (χ1) is 9.52. The number of morpholine rings is 1. The summed E-state index contributed by atoms with van der Waals surface area (Å²) >= 11 is 6.10. The van der Waals surface area contributed by atoms with E-state index in [-0.39, 0.29) is 12.5 Å². The number of hydrogen-bond donors (Lipinski definition) is 0. The molecule has 1 aliphatic heterocycles. The molecule has 0 saturated carbocycles. The molecule has 1 amide bonds. The minimum absolute atomic E-state index is 0.176. The molecule has 2 rings (SSSR count). The molecule has 1 heterocycles. The summed E-state index contributed by atoms with van der Waals surface area (Å²) in [6, 6.07) is 5.27. The predicted molar refractivity (Wildman–Crippen MR) is 73.8 cm³/mol.